The largest absolute Gasteiger partial charge is 0.383 e. The van der Waals surface area contributed by atoms with E-state index in [1.807, 2.05) is 0 Å². The third-order valence-corrected chi connectivity index (χ3v) is 4.02. The average Bonchev–Trinajstić information content (AvgIpc) is 2.47. The molecule has 0 unspecified atom stereocenters. The Kier molecular flexibility index (Phi) is 2.58. The number of nitrogens with zero attached hydrogens (tertiary/aromatic N) is 1. The van der Waals surface area contributed by atoms with Crippen LogP contribution in [0.25, 0.3) is 0 Å². The van der Waals surface area contributed by atoms with Crippen molar-refractivity contribution in [2.45, 2.75) is 57.5 Å². The Bertz CT molecular complexity index is 254. The van der Waals surface area contributed by atoms with Gasteiger partial charge >= 0.3 is 0 Å². The zero-order valence-corrected chi connectivity index (χ0v) is 10.4. The predicted octanol–water partition coefficient (Wildman–Crippen LogP) is 2.52. The number of hydrogen-bond acceptors (Lipinski definition) is 2. The van der Waals surface area contributed by atoms with Gasteiger partial charge in [-0.05, 0) is 46.5 Å². The molecule has 0 atom stereocenters. The third kappa shape index (κ3) is 2.20. The Morgan fingerprint density at radius 1 is 1.20 bits per heavy atom. The van der Waals surface area contributed by atoms with E-state index in [-0.39, 0.29) is 0 Å². The van der Waals surface area contributed by atoms with Gasteiger partial charge in [0.2, 0.25) is 0 Å². The molecular weight excluding hydrogens is 184 g/mol. The Balaban J connectivity index is 1.95. The van der Waals surface area contributed by atoms with Gasteiger partial charge in [-0.15, -0.1) is 0 Å². The van der Waals surface area contributed by atoms with Crippen LogP contribution in [0.15, 0.2) is 12.3 Å². The summed E-state index contributed by atoms with van der Waals surface area (Å²) in [6, 6.07) is 0. The summed E-state index contributed by atoms with van der Waals surface area (Å²) < 4.78 is 0. The van der Waals surface area contributed by atoms with E-state index in [0.29, 0.717) is 11.1 Å². The van der Waals surface area contributed by atoms with Crippen molar-refractivity contribution in [1.82, 2.24) is 10.2 Å². The second-order valence-electron chi connectivity index (χ2n) is 6.17. The number of allylic oxidation sites excluding steroid dienone is 1. The number of piperidine rings is 1. The van der Waals surface area contributed by atoms with Crippen molar-refractivity contribution in [3.05, 3.63) is 12.3 Å². The van der Waals surface area contributed by atoms with Crippen molar-refractivity contribution in [3.8, 4) is 0 Å². The van der Waals surface area contributed by atoms with Gasteiger partial charge in [0, 0.05) is 29.9 Å². The van der Waals surface area contributed by atoms with Crippen molar-refractivity contribution < 1.29 is 0 Å². The molecule has 0 amide bonds. The quantitative estimate of drug-likeness (QED) is 0.658. The van der Waals surface area contributed by atoms with Crippen LogP contribution in [0, 0.1) is 0 Å². The average molecular weight is 208 g/mol. The highest BCUT2D eigenvalue weighted by molar-refractivity contribution is 5.11. The van der Waals surface area contributed by atoms with Gasteiger partial charge in [0.15, 0.2) is 0 Å². The Morgan fingerprint density at radius 2 is 1.80 bits per heavy atom. The normalized spacial score (nSPS) is 27.0. The summed E-state index contributed by atoms with van der Waals surface area (Å²) in [6.07, 6.45) is 5.03. The molecule has 0 bridgehead atoms. The summed E-state index contributed by atoms with van der Waals surface area (Å²) in [6.45, 7) is 13.4. The first-order chi connectivity index (χ1) is 6.91. The summed E-state index contributed by atoms with van der Waals surface area (Å²) in [5, 5.41) is 3.62. The summed E-state index contributed by atoms with van der Waals surface area (Å²) in [5.74, 6) is 0. The minimum absolute atomic E-state index is 0.331. The molecule has 0 aliphatic carbocycles. The first-order valence-corrected chi connectivity index (χ1v) is 6.12. The standard InChI is InChI=1S/C13H24N2/c1-11-5-6-13(14-11)7-9-15(10-8-13)12(2,3)4/h14H,1,5-10H2,2-4H3. The molecule has 0 aromatic heterocycles. The van der Waals surface area contributed by atoms with E-state index in [1.54, 1.807) is 0 Å². The van der Waals surface area contributed by atoms with E-state index in [1.165, 1.54) is 44.5 Å². The number of likely N-dealkylation sites (tertiary alicyclic amines) is 1. The maximum Gasteiger partial charge on any atom is 0.0398 e. The van der Waals surface area contributed by atoms with Crippen LogP contribution in [0.1, 0.15) is 46.5 Å². The van der Waals surface area contributed by atoms with Crippen molar-refractivity contribution in [2.24, 2.45) is 0 Å². The van der Waals surface area contributed by atoms with Crippen LogP contribution in [0.2, 0.25) is 0 Å². The molecule has 86 valence electrons. The summed E-state index contributed by atoms with van der Waals surface area (Å²) in [4.78, 5) is 2.60. The van der Waals surface area contributed by atoms with Gasteiger partial charge in [0.1, 0.15) is 0 Å². The lowest BCUT2D eigenvalue weighted by atomic mass is 9.84. The van der Waals surface area contributed by atoms with Gasteiger partial charge in [-0.1, -0.05) is 6.58 Å². The molecule has 2 saturated heterocycles. The minimum atomic E-state index is 0.331. The molecule has 0 aromatic rings. The molecule has 2 fully saturated rings. The van der Waals surface area contributed by atoms with E-state index in [0.717, 1.165) is 0 Å². The maximum atomic E-state index is 4.05. The summed E-state index contributed by atoms with van der Waals surface area (Å²) >= 11 is 0. The van der Waals surface area contributed by atoms with Crippen molar-refractivity contribution in [3.63, 3.8) is 0 Å². The molecule has 2 aliphatic rings. The topological polar surface area (TPSA) is 15.3 Å². The van der Waals surface area contributed by atoms with Crippen LogP contribution < -0.4 is 5.32 Å². The predicted molar refractivity (Wildman–Crippen MR) is 64.8 cm³/mol. The fraction of sp³-hybridized carbons (Fsp3) is 0.846. The summed E-state index contributed by atoms with van der Waals surface area (Å²) in [5.41, 5.74) is 1.98. The van der Waals surface area contributed by atoms with Crippen molar-refractivity contribution >= 4 is 0 Å². The molecular formula is C13H24N2. The molecule has 0 saturated carbocycles. The number of rotatable bonds is 0. The lowest BCUT2D eigenvalue weighted by Gasteiger charge is -2.45. The highest BCUT2D eigenvalue weighted by Gasteiger charge is 2.39. The molecule has 2 heteroatoms. The van der Waals surface area contributed by atoms with Crippen LogP contribution in [0.4, 0.5) is 0 Å². The highest BCUT2D eigenvalue weighted by Crippen LogP contribution is 2.35. The Hall–Kier alpha value is -0.500. The van der Waals surface area contributed by atoms with Crippen molar-refractivity contribution in [1.29, 1.82) is 0 Å². The van der Waals surface area contributed by atoms with Gasteiger partial charge in [-0.25, -0.2) is 0 Å². The van der Waals surface area contributed by atoms with Gasteiger partial charge in [-0.3, -0.25) is 4.90 Å². The Labute approximate surface area is 93.7 Å². The minimum Gasteiger partial charge on any atom is -0.383 e. The van der Waals surface area contributed by atoms with E-state index < -0.39 is 0 Å². The van der Waals surface area contributed by atoms with E-state index in [2.05, 4.69) is 37.6 Å². The maximum absolute atomic E-state index is 4.05. The number of hydrogen-bond donors (Lipinski definition) is 1. The van der Waals surface area contributed by atoms with E-state index in [9.17, 15) is 0 Å². The van der Waals surface area contributed by atoms with Crippen LogP contribution in [-0.4, -0.2) is 29.1 Å². The zero-order chi connectivity index (χ0) is 11.1. The van der Waals surface area contributed by atoms with Gasteiger partial charge in [-0.2, -0.15) is 0 Å². The zero-order valence-electron chi connectivity index (χ0n) is 10.4. The molecule has 15 heavy (non-hydrogen) atoms. The lowest BCUT2D eigenvalue weighted by Crippen LogP contribution is -2.54. The first kappa shape index (κ1) is 11.0. The van der Waals surface area contributed by atoms with Crippen LogP contribution in [-0.2, 0) is 0 Å². The molecule has 1 N–H and O–H groups in total. The van der Waals surface area contributed by atoms with E-state index >= 15 is 0 Å². The first-order valence-electron chi connectivity index (χ1n) is 6.12. The van der Waals surface area contributed by atoms with Crippen molar-refractivity contribution in [2.75, 3.05) is 13.1 Å². The monoisotopic (exact) mass is 208 g/mol. The smallest absolute Gasteiger partial charge is 0.0398 e. The lowest BCUT2D eigenvalue weighted by molar-refractivity contribution is 0.0710. The van der Waals surface area contributed by atoms with Gasteiger partial charge in [0.05, 0.1) is 0 Å². The molecule has 0 aromatic carbocycles. The fourth-order valence-electron chi connectivity index (χ4n) is 2.87. The van der Waals surface area contributed by atoms with Crippen LogP contribution >= 0.6 is 0 Å². The van der Waals surface area contributed by atoms with E-state index in [4.69, 9.17) is 0 Å². The third-order valence-electron chi connectivity index (χ3n) is 4.02. The SMILES string of the molecule is C=C1CCC2(CCN(C(C)(C)C)CC2)N1. The second kappa shape index (κ2) is 3.51. The van der Waals surface area contributed by atoms with Crippen LogP contribution in [0.5, 0.6) is 0 Å². The number of nitrogens with one attached hydrogen (secondary N) is 1. The molecule has 2 heterocycles. The van der Waals surface area contributed by atoms with Crippen LogP contribution in [0.3, 0.4) is 0 Å². The van der Waals surface area contributed by atoms with Gasteiger partial charge < -0.3 is 5.32 Å². The summed E-state index contributed by atoms with van der Waals surface area (Å²) in [7, 11) is 0. The molecule has 2 rings (SSSR count). The molecule has 2 aliphatic heterocycles. The Morgan fingerprint density at radius 3 is 2.20 bits per heavy atom. The highest BCUT2D eigenvalue weighted by atomic mass is 15.2. The van der Waals surface area contributed by atoms with Gasteiger partial charge in [0.25, 0.3) is 0 Å². The molecule has 0 radical (unpaired) electrons. The second-order valence-corrected chi connectivity index (χ2v) is 6.17. The molecule has 2 nitrogen and oxygen atoms in total. The fourth-order valence-corrected chi connectivity index (χ4v) is 2.87. The molecule has 1 spiro atoms.